The number of aryl methyl sites for hydroxylation is 1. The third-order valence-corrected chi connectivity index (χ3v) is 2.75. The van der Waals surface area contributed by atoms with E-state index >= 15 is 0 Å². The summed E-state index contributed by atoms with van der Waals surface area (Å²) in [6.07, 6.45) is 0. The molecule has 19 heavy (non-hydrogen) atoms. The van der Waals surface area contributed by atoms with Crippen LogP contribution in [0.25, 0.3) is 0 Å². The van der Waals surface area contributed by atoms with Gasteiger partial charge in [-0.2, -0.15) is 0 Å². The molecule has 0 unspecified atom stereocenters. The van der Waals surface area contributed by atoms with E-state index in [1.807, 2.05) is 31.2 Å². The first-order valence-corrected chi connectivity index (χ1v) is 6.23. The van der Waals surface area contributed by atoms with Crippen LogP contribution in [-0.4, -0.2) is 23.1 Å². The maximum absolute atomic E-state index is 11.6. The third-order valence-electron chi connectivity index (χ3n) is 2.75. The quantitative estimate of drug-likeness (QED) is 0.760. The molecule has 1 rings (SSSR count). The van der Waals surface area contributed by atoms with Crippen molar-refractivity contribution >= 4 is 12.0 Å². The number of hydrogen-bond donors (Lipinski definition) is 3. The second-order valence-corrected chi connectivity index (χ2v) is 4.88. The molecule has 0 heterocycles. The zero-order valence-corrected chi connectivity index (χ0v) is 11.4. The molecule has 0 aliphatic carbocycles. The smallest absolute Gasteiger partial charge is 0.326 e. The highest BCUT2D eigenvalue weighted by Crippen LogP contribution is 2.04. The number of aliphatic carboxylic acids is 1. The SMILES string of the molecule is Cc1cccc(CNC(=O)N[C@@H](C(=O)O)C(C)C)c1. The first kappa shape index (κ1) is 15.0. The lowest BCUT2D eigenvalue weighted by Crippen LogP contribution is -2.48. The Morgan fingerprint density at radius 2 is 2.00 bits per heavy atom. The van der Waals surface area contributed by atoms with E-state index in [4.69, 9.17) is 5.11 Å². The number of rotatable bonds is 5. The van der Waals surface area contributed by atoms with Crippen LogP contribution in [0.4, 0.5) is 4.79 Å². The van der Waals surface area contributed by atoms with Gasteiger partial charge in [0, 0.05) is 6.54 Å². The van der Waals surface area contributed by atoms with Crippen molar-refractivity contribution in [1.29, 1.82) is 0 Å². The van der Waals surface area contributed by atoms with Crippen molar-refractivity contribution in [2.75, 3.05) is 0 Å². The van der Waals surface area contributed by atoms with Crippen LogP contribution >= 0.6 is 0 Å². The van der Waals surface area contributed by atoms with E-state index in [0.717, 1.165) is 11.1 Å². The summed E-state index contributed by atoms with van der Waals surface area (Å²) in [5.74, 6) is -1.19. The van der Waals surface area contributed by atoms with Crippen molar-refractivity contribution in [3.8, 4) is 0 Å². The van der Waals surface area contributed by atoms with Crippen molar-refractivity contribution in [3.63, 3.8) is 0 Å². The van der Waals surface area contributed by atoms with Gasteiger partial charge in [-0.3, -0.25) is 0 Å². The van der Waals surface area contributed by atoms with Crippen molar-refractivity contribution < 1.29 is 14.7 Å². The van der Waals surface area contributed by atoms with Crippen LogP contribution in [0.1, 0.15) is 25.0 Å². The highest BCUT2D eigenvalue weighted by atomic mass is 16.4. The lowest BCUT2D eigenvalue weighted by molar-refractivity contribution is -0.140. The molecule has 2 amide bonds. The van der Waals surface area contributed by atoms with Crippen LogP contribution in [0.15, 0.2) is 24.3 Å². The van der Waals surface area contributed by atoms with Crippen LogP contribution in [0, 0.1) is 12.8 Å². The largest absolute Gasteiger partial charge is 0.480 e. The molecule has 1 aromatic rings. The van der Waals surface area contributed by atoms with Gasteiger partial charge in [0.1, 0.15) is 6.04 Å². The molecule has 0 saturated heterocycles. The van der Waals surface area contributed by atoms with E-state index in [9.17, 15) is 9.59 Å². The Balaban J connectivity index is 2.49. The predicted octanol–water partition coefficient (Wildman–Crippen LogP) is 1.90. The van der Waals surface area contributed by atoms with Gasteiger partial charge in [-0.25, -0.2) is 9.59 Å². The molecule has 0 radical (unpaired) electrons. The molecule has 1 atom stereocenters. The van der Waals surface area contributed by atoms with E-state index in [1.165, 1.54) is 0 Å². The first-order chi connectivity index (χ1) is 8.90. The molecule has 104 valence electrons. The van der Waals surface area contributed by atoms with Crippen molar-refractivity contribution in [1.82, 2.24) is 10.6 Å². The Labute approximate surface area is 113 Å². The Morgan fingerprint density at radius 3 is 2.53 bits per heavy atom. The molecule has 5 heteroatoms. The summed E-state index contributed by atoms with van der Waals surface area (Å²) in [5.41, 5.74) is 2.09. The van der Waals surface area contributed by atoms with Crippen molar-refractivity contribution in [2.24, 2.45) is 5.92 Å². The Hall–Kier alpha value is -2.04. The van der Waals surface area contributed by atoms with Gasteiger partial charge in [-0.15, -0.1) is 0 Å². The van der Waals surface area contributed by atoms with Gasteiger partial charge in [0.05, 0.1) is 0 Å². The summed E-state index contributed by atoms with van der Waals surface area (Å²) in [5, 5.41) is 14.1. The number of carbonyl (C=O) groups excluding carboxylic acids is 1. The first-order valence-electron chi connectivity index (χ1n) is 6.23. The summed E-state index contributed by atoms with van der Waals surface area (Å²) in [6, 6.07) is 6.42. The van der Waals surface area contributed by atoms with Crippen LogP contribution in [-0.2, 0) is 11.3 Å². The summed E-state index contributed by atoms with van der Waals surface area (Å²) in [6.45, 7) is 5.85. The van der Waals surface area contributed by atoms with Gasteiger partial charge < -0.3 is 15.7 Å². The highest BCUT2D eigenvalue weighted by molar-refractivity contribution is 5.82. The number of nitrogens with one attached hydrogen (secondary N) is 2. The van der Waals surface area contributed by atoms with Crippen LogP contribution < -0.4 is 10.6 Å². The van der Waals surface area contributed by atoms with Gasteiger partial charge in [0.2, 0.25) is 0 Å². The molecule has 0 spiro atoms. The van der Waals surface area contributed by atoms with Gasteiger partial charge in [0.25, 0.3) is 0 Å². The maximum Gasteiger partial charge on any atom is 0.326 e. The van der Waals surface area contributed by atoms with Crippen LogP contribution in [0.5, 0.6) is 0 Å². The second kappa shape index (κ2) is 6.78. The second-order valence-electron chi connectivity index (χ2n) is 4.88. The average Bonchev–Trinajstić information content (AvgIpc) is 2.32. The molecule has 5 nitrogen and oxygen atoms in total. The van der Waals surface area contributed by atoms with Gasteiger partial charge >= 0.3 is 12.0 Å². The van der Waals surface area contributed by atoms with E-state index in [0.29, 0.717) is 6.54 Å². The van der Waals surface area contributed by atoms with E-state index in [1.54, 1.807) is 13.8 Å². The number of carbonyl (C=O) groups is 2. The zero-order chi connectivity index (χ0) is 14.4. The van der Waals surface area contributed by atoms with Gasteiger partial charge in [0.15, 0.2) is 0 Å². The number of carboxylic acid groups (broad SMARTS) is 1. The molecule has 0 aliphatic rings. The topological polar surface area (TPSA) is 78.4 Å². The zero-order valence-electron chi connectivity index (χ0n) is 11.4. The number of hydrogen-bond acceptors (Lipinski definition) is 2. The molecular weight excluding hydrogens is 244 g/mol. The maximum atomic E-state index is 11.6. The number of carboxylic acids is 1. The molecule has 0 fully saturated rings. The lowest BCUT2D eigenvalue weighted by atomic mass is 10.1. The minimum absolute atomic E-state index is 0.165. The van der Waals surface area contributed by atoms with Gasteiger partial charge in [-0.1, -0.05) is 43.7 Å². The van der Waals surface area contributed by atoms with Crippen LogP contribution in [0.3, 0.4) is 0 Å². The molecule has 3 N–H and O–H groups in total. The standard InChI is InChI=1S/C14H20N2O3/c1-9(2)12(13(17)18)16-14(19)15-8-11-6-4-5-10(3)7-11/h4-7,9,12H,8H2,1-3H3,(H,17,18)(H2,15,16,19)/t12-/m1/s1. The normalized spacial score (nSPS) is 12.0. The van der Waals surface area contributed by atoms with Crippen molar-refractivity contribution in [3.05, 3.63) is 35.4 Å². The van der Waals surface area contributed by atoms with Crippen molar-refractivity contribution in [2.45, 2.75) is 33.4 Å². The Morgan fingerprint density at radius 1 is 1.32 bits per heavy atom. The summed E-state index contributed by atoms with van der Waals surface area (Å²) in [7, 11) is 0. The third kappa shape index (κ3) is 4.99. The summed E-state index contributed by atoms with van der Waals surface area (Å²) in [4.78, 5) is 22.6. The minimum atomic E-state index is -1.03. The van der Waals surface area contributed by atoms with Gasteiger partial charge in [-0.05, 0) is 18.4 Å². The fraction of sp³-hybridized carbons (Fsp3) is 0.429. The van der Waals surface area contributed by atoms with E-state index < -0.39 is 18.0 Å². The Kier molecular flexibility index (Phi) is 5.36. The molecule has 0 saturated carbocycles. The lowest BCUT2D eigenvalue weighted by Gasteiger charge is -2.18. The fourth-order valence-corrected chi connectivity index (χ4v) is 1.71. The summed E-state index contributed by atoms with van der Waals surface area (Å²) >= 11 is 0. The molecule has 0 bridgehead atoms. The molecule has 1 aromatic carbocycles. The van der Waals surface area contributed by atoms with E-state index in [-0.39, 0.29) is 5.92 Å². The number of urea groups is 1. The monoisotopic (exact) mass is 264 g/mol. The minimum Gasteiger partial charge on any atom is -0.480 e. The summed E-state index contributed by atoms with van der Waals surface area (Å²) < 4.78 is 0. The highest BCUT2D eigenvalue weighted by Gasteiger charge is 2.23. The molecular formula is C14H20N2O3. The molecule has 0 aromatic heterocycles. The predicted molar refractivity (Wildman–Crippen MR) is 72.8 cm³/mol. The average molecular weight is 264 g/mol. The fourth-order valence-electron chi connectivity index (χ4n) is 1.71. The Bertz CT molecular complexity index is 458. The van der Waals surface area contributed by atoms with Crippen LogP contribution in [0.2, 0.25) is 0 Å². The number of amides is 2. The number of benzene rings is 1. The molecule has 0 aliphatic heterocycles. The van der Waals surface area contributed by atoms with E-state index in [2.05, 4.69) is 10.6 Å².